The van der Waals surface area contributed by atoms with E-state index >= 15 is 0 Å². The van der Waals surface area contributed by atoms with Crippen molar-refractivity contribution in [2.24, 2.45) is 0 Å². The summed E-state index contributed by atoms with van der Waals surface area (Å²) in [6.45, 7) is 14.2. The van der Waals surface area contributed by atoms with Gasteiger partial charge < -0.3 is 4.74 Å². The van der Waals surface area contributed by atoms with E-state index in [1.807, 2.05) is 48.7 Å². The third-order valence-electron chi connectivity index (χ3n) is 6.70. The Kier molecular flexibility index (Phi) is 5.66. The maximum Gasteiger partial charge on any atom is 0.191 e. The van der Waals surface area contributed by atoms with Crippen LogP contribution in [0.3, 0.4) is 0 Å². The van der Waals surface area contributed by atoms with Crippen molar-refractivity contribution < 1.29 is 4.74 Å². The van der Waals surface area contributed by atoms with Gasteiger partial charge in [-0.3, -0.25) is 9.55 Å². The van der Waals surface area contributed by atoms with Crippen LogP contribution in [0.25, 0.3) is 43.7 Å². The lowest BCUT2D eigenvalue weighted by Crippen LogP contribution is -2.12. The molecule has 6 aromatic rings. The van der Waals surface area contributed by atoms with Crippen LogP contribution in [-0.2, 0) is 5.41 Å². The summed E-state index contributed by atoms with van der Waals surface area (Å²) >= 11 is 0. The van der Waals surface area contributed by atoms with Crippen LogP contribution >= 0.6 is 0 Å². The molecule has 0 atom stereocenters. The highest BCUT2D eigenvalue weighted by atomic mass is 16.5. The van der Waals surface area contributed by atoms with Gasteiger partial charge in [-0.1, -0.05) is 45.0 Å². The number of aromatic nitrogens is 3. The third-order valence-corrected chi connectivity index (χ3v) is 6.70. The van der Waals surface area contributed by atoms with Crippen LogP contribution in [0.2, 0.25) is 0 Å². The molecule has 3 heterocycles. The largest absolute Gasteiger partial charge is 0.459 e. The van der Waals surface area contributed by atoms with Crippen LogP contribution in [0, 0.1) is 6.57 Å². The van der Waals surface area contributed by atoms with Gasteiger partial charge in [-0.15, -0.1) is 0 Å². The number of fused-ring (bicyclic) bond motifs is 3. The molecule has 3 aromatic carbocycles. The van der Waals surface area contributed by atoms with Gasteiger partial charge in [0.1, 0.15) is 17.3 Å². The summed E-state index contributed by atoms with van der Waals surface area (Å²) < 4.78 is 8.55. The zero-order valence-electron chi connectivity index (χ0n) is 21.5. The molecule has 0 aliphatic rings. The van der Waals surface area contributed by atoms with Crippen molar-refractivity contribution in [1.82, 2.24) is 14.5 Å². The quantitative estimate of drug-likeness (QED) is 0.230. The average molecular weight is 495 g/mol. The van der Waals surface area contributed by atoms with Gasteiger partial charge in [0, 0.05) is 29.2 Å². The summed E-state index contributed by atoms with van der Waals surface area (Å²) in [4.78, 5) is 12.8. The van der Waals surface area contributed by atoms with Crippen LogP contribution in [0.15, 0.2) is 103 Å². The van der Waals surface area contributed by atoms with E-state index in [9.17, 15) is 0 Å². The monoisotopic (exact) mass is 494 g/mol. The molecule has 6 rings (SSSR count). The Morgan fingerprint density at radius 1 is 0.737 bits per heavy atom. The Morgan fingerprint density at radius 2 is 1.55 bits per heavy atom. The Labute approximate surface area is 221 Å². The van der Waals surface area contributed by atoms with Gasteiger partial charge in [0.05, 0.1) is 23.3 Å². The molecule has 0 spiro atoms. The van der Waals surface area contributed by atoms with Gasteiger partial charge >= 0.3 is 0 Å². The summed E-state index contributed by atoms with van der Waals surface area (Å²) in [7, 11) is 0. The molecule has 0 aliphatic carbocycles. The molecule has 0 amide bonds. The molecule has 5 heteroatoms. The van der Waals surface area contributed by atoms with Crippen LogP contribution in [0.1, 0.15) is 26.3 Å². The van der Waals surface area contributed by atoms with Gasteiger partial charge in [0.2, 0.25) is 0 Å². The second kappa shape index (κ2) is 9.17. The number of hydrogen-bond donors (Lipinski definition) is 0. The lowest BCUT2D eigenvalue weighted by molar-refractivity contribution is 0.484. The number of benzene rings is 3. The number of nitrogens with zero attached hydrogens (tertiary/aromatic N) is 4. The lowest BCUT2D eigenvalue weighted by Gasteiger charge is -2.20. The Bertz CT molecular complexity index is 1840. The standard InChI is InChI=1S/C33H26N4O/c1-33(2,3)23-14-16-36-32(19-23)37-30-11-6-5-9-27(30)28-13-12-25(21-31(28)37)38-26-18-22(17-24(20-26)34-4)29-10-7-8-15-35-29/h5-21H,1-3H3. The second-order valence-corrected chi connectivity index (χ2v) is 10.3. The van der Waals surface area contributed by atoms with E-state index in [-0.39, 0.29) is 5.41 Å². The molecule has 3 aromatic heterocycles. The van der Waals surface area contributed by atoms with Crippen LogP contribution in [0.5, 0.6) is 11.5 Å². The first-order chi connectivity index (χ1) is 18.4. The van der Waals surface area contributed by atoms with Crippen LogP contribution in [-0.4, -0.2) is 14.5 Å². The number of ether oxygens (including phenoxy) is 1. The van der Waals surface area contributed by atoms with Gasteiger partial charge in [0.15, 0.2) is 5.69 Å². The molecule has 0 bridgehead atoms. The van der Waals surface area contributed by atoms with Crippen molar-refractivity contribution in [1.29, 1.82) is 0 Å². The summed E-state index contributed by atoms with van der Waals surface area (Å²) in [5.74, 6) is 2.14. The van der Waals surface area contributed by atoms with Crippen molar-refractivity contribution in [3.63, 3.8) is 0 Å². The molecular weight excluding hydrogens is 468 g/mol. The van der Waals surface area contributed by atoms with E-state index in [0.717, 1.165) is 38.9 Å². The molecular formula is C33H26N4O. The first-order valence-electron chi connectivity index (χ1n) is 12.5. The fourth-order valence-electron chi connectivity index (χ4n) is 4.79. The highest BCUT2D eigenvalue weighted by molar-refractivity contribution is 6.09. The van der Waals surface area contributed by atoms with E-state index < -0.39 is 0 Å². The van der Waals surface area contributed by atoms with Crippen molar-refractivity contribution in [3.8, 4) is 28.6 Å². The fourth-order valence-corrected chi connectivity index (χ4v) is 4.79. The van der Waals surface area contributed by atoms with Crippen molar-refractivity contribution in [2.45, 2.75) is 26.2 Å². The third kappa shape index (κ3) is 4.27. The SMILES string of the molecule is [C-]#[N+]c1cc(Oc2ccc3c4ccccc4n(-c4cc(C(C)(C)C)ccn4)c3c2)cc(-c2ccccn2)c1. The van der Waals surface area contributed by atoms with E-state index in [2.05, 4.69) is 77.6 Å². The van der Waals surface area contributed by atoms with Crippen LogP contribution in [0.4, 0.5) is 5.69 Å². The molecule has 0 saturated heterocycles. The lowest BCUT2D eigenvalue weighted by atomic mass is 9.88. The first kappa shape index (κ1) is 23.4. The number of rotatable bonds is 4. The van der Waals surface area contributed by atoms with Crippen LogP contribution < -0.4 is 4.74 Å². The number of para-hydroxylation sites is 1. The number of pyridine rings is 2. The molecule has 0 aliphatic heterocycles. The second-order valence-electron chi connectivity index (χ2n) is 10.3. The average Bonchev–Trinajstić information content (AvgIpc) is 3.26. The predicted octanol–water partition coefficient (Wildman–Crippen LogP) is 8.88. The maximum absolute atomic E-state index is 7.57. The van der Waals surface area contributed by atoms with Crippen molar-refractivity contribution in [2.75, 3.05) is 0 Å². The topological polar surface area (TPSA) is 44.3 Å². The van der Waals surface area contributed by atoms with E-state index in [4.69, 9.17) is 16.3 Å². The van der Waals surface area contributed by atoms with Crippen molar-refractivity contribution >= 4 is 27.5 Å². The van der Waals surface area contributed by atoms with E-state index in [1.54, 1.807) is 12.3 Å². The van der Waals surface area contributed by atoms with E-state index in [1.165, 1.54) is 5.56 Å². The zero-order chi connectivity index (χ0) is 26.3. The van der Waals surface area contributed by atoms with Gasteiger partial charge in [0.25, 0.3) is 0 Å². The highest BCUT2D eigenvalue weighted by Gasteiger charge is 2.18. The molecule has 0 N–H and O–H groups in total. The molecule has 184 valence electrons. The molecule has 5 nitrogen and oxygen atoms in total. The summed E-state index contributed by atoms with van der Waals surface area (Å²) in [6, 6.07) is 30.0. The maximum atomic E-state index is 7.57. The Hall–Kier alpha value is -4.95. The Balaban J connectivity index is 1.49. The van der Waals surface area contributed by atoms with Gasteiger partial charge in [-0.05, 0) is 77.2 Å². The first-order valence-corrected chi connectivity index (χ1v) is 12.5. The molecule has 0 radical (unpaired) electrons. The van der Waals surface area contributed by atoms with E-state index in [0.29, 0.717) is 17.2 Å². The minimum absolute atomic E-state index is 0.00393. The zero-order valence-corrected chi connectivity index (χ0v) is 21.5. The minimum atomic E-state index is 0.00393. The highest BCUT2D eigenvalue weighted by Crippen LogP contribution is 2.37. The van der Waals surface area contributed by atoms with Gasteiger partial charge in [-0.25, -0.2) is 9.83 Å². The minimum Gasteiger partial charge on any atom is -0.459 e. The number of hydrogen-bond acceptors (Lipinski definition) is 3. The summed E-state index contributed by atoms with van der Waals surface area (Å²) in [5.41, 5.74) is 5.46. The molecule has 0 saturated carbocycles. The Morgan fingerprint density at radius 3 is 2.34 bits per heavy atom. The molecule has 0 unspecified atom stereocenters. The fraction of sp³-hybridized carbons (Fsp3) is 0.121. The predicted molar refractivity (Wildman–Crippen MR) is 153 cm³/mol. The van der Waals surface area contributed by atoms with Crippen molar-refractivity contribution in [3.05, 3.63) is 120 Å². The van der Waals surface area contributed by atoms with Gasteiger partial charge in [-0.2, -0.15) is 0 Å². The smallest absolute Gasteiger partial charge is 0.191 e. The normalized spacial score (nSPS) is 11.5. The summed E-state index contributed by atoms with van der Waals surface area (Å²) in [5, 5.41) is 2.28. The summed E-state index contributed by atoms with van der Waals surface area (Å²) in [6.07, 6.45) is 3.63. The molecule has 0 fully saturated rings. The molecule has 38 heavy (non-hydrogen) atoms.